The van der Waals surface area contributed by atoms with Crippen LogP contribution in [0.3, 0.4) is 0 Å². The van der Waals surface area contributed by atoms with Gasteiger partial charge in [-0.2, -0.15) is 0 Å². The van der Waals surface area contributed by atoms with Gasteiger partial charge in [0.25, 0.3) is 0 Å². The van der Waals surface area contributed by atoms with Crippen LogP contribution in [0.5, 0.6) is 0 Å². The predicted molar refractivity (Wildman–Crippen MR) is 70.2 cm³/mol. The van der Waals surface area contributed by atoms with Crippen LogP contribution in [0.25, 0.3) is 0 Å². The van der Waals surface area contributed by atoms with Gasteiger partial charge < -0.3 is 15.2 Å². The maximum atomic E-state index is 9.14. The summed E-state index contributed by atoms with van der Waals surface area (Å²) < 4.78 is 5.03. The molecule has 102 valence electrons. The Balaban J connectivity index is 2.26. The van der Waals surface area contributed by atoms with E-state index in [1.165, 1.54) is 25.8 Å². The van der Waals surface area contributed by atoms with Crippen molar-refractivity contribution in [1.82, 2.24) is 10.2 Å². The Labute approximate surface area is 105 Å². The number of likely N-dealkylation sites (tertiary alicyclic amines) is 1. The van der Waals surface area contributed by atoms with Crippen molar-refractivity contribution >= 4 is 0 Å². The summed E-state index contributed by atoms with van der Waals surface area (Å²) in [5, 5.41) is 12.6. The van der Waals surface area contributed by atoms with Gasteiger partial charge in [-0.1, -0.05) is 13.3 Å². The molecule has 1 rings (SSSR count). The molecule has 0 aromatic heterocycles. The van der Waals surface area contributed by atoms with Crippen molar-refractivity contribution in [1.29, 1.82) is 0 Å². The maximum Gasteiger partial charge on any atom is 0.0587 e. The van der Waals surface area contributed by atoms with E-state index >= 15 is 0 Å². The number of ether oxygens (including phenoxy) is 1. The largest absolute Gasteiger partial charge is 0.396 e. The molecule has 1 aliphatic heterocycles. The van der Waals surface area contributed by atoms with Gasteiger partial charge in [0.05, 0.1) is 6.61 Å². The molecule has 2 unspecified atom stereocenters. The molecule has 0 amide bonds. The second kappa shape index (κ2) is 8.86. The normalized spacial score (nSPS) is 23.8. The number of hydrogen-bond donors (Lipinski definition) is 2. The van der Waals surface area contributed by atoms with E-state index < -0.39 is 0 Å². The van der Waals surface area contributed by atoms with Gasteiger partial charge >= 0.3 is 0 Å². The van der Waals surface area contributed by atoms with Gasteiger partial charge in [0, 0.05) is 39.4 Å². The van der Waals surface area contributed by atoms with Gasteiger partial charge in [-0.25, -0.2) is 0 Å². The summed E-state index contributed by atoms with van der Waals surface area (Å²) in [6.07, 6.45) is 3.91. The van der Waals surface area contributed by atoms with E-state index in [1.807, 2.05) is 0 Å². The Morgan fingerprint density at radius 1 is 1.47 bits per heavy atom. The minimum absolute atomic E-state index is 0.292. The molecule has 1 fully saturated rings. The molecule has 2 N–H and O–H groups in total. The lowest BCUT2D eigenvalue weighted by atomic mass is 10.00. The second-order valence-corrected chi connectivity index (χ2v) is 5.13. The molecule has 0 aliphatic carbocycles. The van der Waals surface area contributed by atoms with Crippen LogP contribution in [0.2, 0.25) is 0 Å². The van der Waals surface area contributed by atoms with Gasteiger partial charge in [0.15, 0.2) is 0 Å². The molecule has 0 radical (unpaired) electrons. The lowest BCUT2D eigenvalue weighted by Gasteiger charge is -2.37. The van der Waals surface area contributed by atoms with Crippen molar-refractivity contribution in [3.63, 3.8) is 0 Å². The van der Waals surface area contributed by atoms with Gasteiger partial charge in [-0.3, -0.25) is 4.90 Å². The summed E-state index contributed by atoms with van der Waals surface area (Å²) in [7, 11) is 1.73. The van der Waals surface area contributed by atoms with Gasteiger partial charge in [0.1, 0.15) is 0 Å². The standard InChI is InChI=1S/C13H28N2O2/c1-12(11-16)10-15-7-4-3-5-13(15)9-14-6-8-17-2/h12-14,16H,3-11H2,1-2H3. The molecule has 0 aromatic carbocycles. The number of piperidine rings is 1. The molecule has 1 saturated heterocycles. The van der Waals surface area contributed by atoms with Crippen molar-refractivity contribution in [2.45, 2.75) is 32.2 Å². The zero-order valence-corrected chi connectivity index (χ0v) is 11.3. The number of aliphatic hydroxyl groups excluding tert-OH is 1. The Bertz CT molecular complexity index is 190. The van der Waals surface area contributed by atoms with Gasteiger partial charge in [0.2, 0.25) is 0 Å². The Morgan fingerprint density at radius 2 is 2.29 bits per heavy atom. The van der Waals surface area contributed by atoms with E-state index in [2.05, 4.69) is 17.1 Å². The molecule has 4 nitrogen and oxygen atoms in total. The monoisotopic (exact) mass is 244 g/mol. The first-order valence-electron chi connectivity index (χ1n) is 6.82. The van der Waals surface area contributed by atoms with Crippen molar-refractivity contribution in [3.05, 3.63) is 0 Å². The quantitative estimate of drug-likeness (QED) is 0.617. The van der Waals surface area contributed by atoms with E-state index in [-0.39, 0.29) is 0 Å². The molecule has 0 spiro atoms. The number of methoxy groups -OCH3 is 1. The first-order valence-corrected chi connectivity index (χ1v) is 6.82. The first-order chi connectivity index (χ1) is 8.27. The van der Waals surface area contributed by atoms with E-state index in [4.69, 9.17) is 9.84 Å². The van der Waals surface area contributed by atoms with Crippen LogP contribution in [0.4, 0.5) is 0 Å². The molecular weight excluding hydrogens is 216 g/mol. The summed E-state index contributed by atoms with van der Waals surface area (Å²) in [6, 6.07) is 0.634. The fourth-order valence-corrected chi connectivity index (χ4v) is 2.43. The molecule has 0 aromatic rings. The van der Waals surface area contributed by atoms with Gasteiger partial charge in [-0.05, 0) is 25.3 Å². The molecular formula is C13H28N2O2. The zero-order valence-electron chi connectivity index (χ0n) is 11.3. The molecule has 17 heavy (non-hydrogen) atoms. The molecule has 2 atom stereocenters. The lowest BCUT2D eigenvalue weighted by Crippen LogP contribution is -2.47. The molecule has 4 heteroatoms. The summed E-state index contributed by atoms with van der Waals surface area (Å²) in [5.74, 6) is 0.384. The fourth-order valence-electron chi connectivity index (χ4n) is 2.43. The maximum absolute atomic E-state index is 9.14. The van der Waals surface area contributed by atoms with Crippen molar-refractivity contribution in [3.8, 4) is 0 Å². The van der Waals surface area contributed by atoms with E-state index in [0.29, 0.717) is 18.6 Å². The zero-order chi connectivity index (χ0) is 12.5. The average molecular weight is 244 g/mol. The summed E-state index contributed by atoms with van der Waals surface area (Å²) in [4.78, 5) is 2.53. The van der Waals surface area contributed by atoms with Crippen LogP contribution >= 0.6 is 0 Å². The molecule has 1 aliphatic rings. The SMILES string of the molecule is COCCNCC1CCCCN1CC(C)CO. The van der Waals surface area contributed by atoms with Crippen molar-refractivity contribution in [2.75, 3.05) is 46.5 Å². The smallest absolute Gasteiger partial charge is 0.0587 e. The minimum Gasteiger partial charge on any atom is -0.396 e. The predicted octanol–water partition coefficient (Wildman–Crippen LogP) is 0.705. The average Bonchev–Trinajstić information content (AvgIpc) is 2.36. The van der Waals surface area contributed by atoms with Crippen LogP contribution in [-0.2, 0) is 4.74 Å². The van der Waals surface area contributed by atoms with Crippen LogP contribution < -0.4 is 5.32 Å². The second-order valence-electron chi connectivity index (χ2n) is 5.13. The van der Waals surface area contributed by atoms with Crippen molar-refractivity contribution < 1.29 is 9.84 Å². The van der Waals surface area contributed by atoms with Crippen LogP contribution in [0.15, 0.2) is 0 Å². The van der Waals surface area contributed by atoms with Crippen LogP contribution in [-0.4, -0.2) is 62.6 Å². The third-order valence-electron chi connectivity index (χ3n) is 3.47. The third kappa shape index (κ3) is 5.82. The van der Waals surface area contributed by atoms with E-state index in [1.54, 1.807) is 7.11 Å². The van der Waals surface area contributed by atoms with E-state index in [0.717, 1.165) is 26.2 Å². The number of aliphatic hydroxyl groups is 1. The third-order valence-corrected chi connectivity index (χ3v) is 3.47. The Hall–Kier alpha value is -0.160. The summed E-state index contributed by atoms with van der Waals surface area (Å²) >= 11 is 0. The highest BCUT2D eigenvalue weighted by Gasteiger charge is 2.22. The fraction of sp³-hybridized carbons (Fsp3) is 1.00. The lowest BCUT2D eigenvalue weighted by molar-refractivity contribution is 0.104. The first kappa shape index (κ1) is 14.9. The highest BCUT2D eigenvalue weighted by atomic mass is 16.5. The Kier molecular flexibility index (Phi) is 7.77. The highest BCUT2D eigenvalue weighted by Crippen LogP contribution is 2.17. The number of nitrogens with one attached hydrogen (secondary N) is 1. The van der Waals surface area contributed by atoms with Crippen LogP contribution in [0, 0.1) is 5.92 Å². The number of rotatable bonds is 8. The van der Waals surface area contributed by atoms with Gasteiger partial charge in [-0.15, -0.1) is 0 Å². The van der Waals surface area contributed by atoms with E-state index in [9.17, 15) is 0 Å². The summed E-state index contributed by atoms with van der Waals surface area (Å²) in [6.45, 7) is 7.36. The topological polar surface area (TPSA) is 44.7 Å². The van der Waals surface area contributed by atoms with Crippen molar-refractivity contribution in [2.24, 2.45) is 5.92 Å². The Morgan fingerprint density at radius 3 is 3.00 bits per heavy atom. The molecule has 0 saturated carbocycles. The summed E-state index contributed by atoms with van der Waals surface area (Å²) in [5.41, 5.74) is 0. The minimum atomic E-state index is 0.292. The number of nitrogens with zero attached hydrogens (tertiary/aromatic N) is 1. The number of hydrogen-bond acceptors (Lipinski definition) is 4. The molecule has 1 heterocycles. The molecule has 0 bridgehead atoms. The van der Waals surface area contributed by atoms with Crippen LogP contribution in [0.1, 0.15) is 26.2 Å². The highest BCUT2D eigenvalue weighted by molar-refractivity contribution is 4.79.